The lowest BCUT2D eigenvalue weighted by Gasteiger charge is -2.22. The van der Waals surface area contributed by atoms with Crippen molar-refractivity contribution in [1.29, 1.82) is 0 Å². The zero-order valence-corrected chi connectivity index (χ0v) is 10.8. The summed E-state index contributed by atoms with van der Waals surface area (Å²) in [6, 6.07) is 9.58. The summed E-state index contributed by atoms with van der Waals surface area (Å²) in [6.07, 6.45) is 7.01. The Hall–Kier alpha value is -2.69. The van der Waals surface area contributed by atoms with Gasteiger partial charge in [0.2, 0.25) is 0 Å². The van der Waals surface area contributed by atoms with E-state index in [9.17, 15) is 4.79 Å². The molecule has 0 saturated heterocycles. The Balaban J connectivity index is 1.98. The zero-order valence-electron chi connectivity index (χ0n) is 10.8. The van der Waals surface area contributed by atoms with Gasteiger partial charge in [-0.1, -0.05) is 30.3 Å². The highest BCUT2D eigenvalue weighted by molar-refractivity contribution is 5.99. The number of carbonyl (C=O) groups excluding carboxylic acids is 1. The standard InChI is InChI=1S/C15H14N4O/c16-15(20)14(8-11-4-2-1-3-5-11)19-10-18-12-9-17-7-6-13(12)19/h1-8,10,12H,9H2,(H2,16,20). The summed E-state index contributed by atoms with van der Waals surface area (Å²) in [7, 11) is 0. The van der Waals surface area contributed by atoms with Crippen molar-refractivity contribution in [3.63, 3.8) is 0 Å². The molecule has 1 amide bonds. The number of aliphatic imine (C=N–C) groups is 2. The van der Waals surface area contributed by atoms with Crippen LogP contribution in [-0.4, -0.2) is 35.9 Å². The number of nitrogens with two attached hydrogens (primary N) is 1. The van der Waals surface area contributed by atoms with Gasteiger partial charge >= 0.3 is 0 Å². The van der Waals surface area contributed by atoms with Gasteiger partial charge in [0, 0.05) is 6.21 Å². The fraction of sp³-hybridized carbons (Fsp3) is 0.133. The van der Waals surface area contributed by atoms with E-state index in [1.54, 1.807) is 23.5 Å². The van der Waals surface area contributed by atoms with Crippen LogP contribution in [0.15, 0.2) is 57.8 Å². The molecule has 1 aromatic carbocycles. The molecule has 20 heavy (non-hydrogen) atoms. The van der Waals surface area contributed by atoms with Crippen molar-refractivity contribution in [3.05, 3.63) is 53.4 Å². The molecule has 0 bridgehead atoms. The van der Waals surface area contributed by atoms with Crippen LogP contribution in [0.5, 0.6) is 0 Å². The normalized spacial score (nSPS) is 20.8. The van der Waals surface area contributed by atoms with Crippen LogP contribution in [0, 0.1) is 0 Å². The lowest BCUT2D eigenvalue weighted by molar-refractivity contribution is -0.115. The van der Waals surface area contributed by atoms with E-state index in [1.165, 1.54) is 0 Å². The van der Waals surface area contributed by atoms with Crippen LogP contribution in [0.4, 0.5) is 0 Å². The average molecular weight is 266 g/mol. The number of benzene rings is 1. The van der Waals surface area contributed by atoms with Crippen molar-refractivity contribution in [2.24, 2.45) is 15.7 Å². The Morgan fingerprint density at radius 2 is 2.15 bits per heavy atom. The highest BCUT2D eigenvalue weighted by Crippen LogP contribution is 2.25. The van der Waals surface area contributed by atoms with Crippen LogP contribution in [-0.2, 0) is 4.79 Å². The third kappa shape index (κ3) is 2.25. The molecule has 5 nitrogen and oxygen atoms in total. The second kappa shape index (κ2) is 5.13. The number of primary amides is 1. The number of dihydropyridines is 1. The molecule has 2 aliphatic rings. The summed E-state index contributed by atoms with van der Waals surface area (Å²) in [5, 5.41) is 0. The molecule has 0 aromatic heterocycles. The maximum atomic E-state index is 11.8. The van der Waals surface area contributed by atoms with E-state index in [2.05, 4.69) is 9.98 Å². The molecule has 2 N–H and O–H groups in total. The molecule has 100 valence electrons. The Labute approximate surface area is 116 Å². The first-order valence-corrected chi connectivity index (χ1v) is 6.35. The minimum Gasteiger partial charge on any atom is -0.364 e. The molecule has 0 radical (unpaired) electrons. The third-order valence-corrected chi connectivity index (χ3v) is 3.23. The molecule has 3 rings (SSSR count). The van der Waals surface area contributed by atoms with Gasteiger partial charge in [-0.05, 0) is 17.7 Å². The quantitative estimate of drug-likeness (QED) is 0.835. The maximum Gasteiger partial charge on any atom is 0.265 e. The van der Waals surface area contributed by atoms with Gasteiger partial charge in [0.1, 0.15) is 11.7 Å². The van der Waals surface area contributed by atoms with Gasteiger partial charge in [-0.25, -0.2) is 0 Å². The van der Waals surface area contributed by atoms with Crippen LogP contribution in [0.1, 0.15) is 5.56 Å². The molecular weight excluding hydrogens is 252 g/mol. The van der Waals surface area contributed by atoms with Gasteiger partial charge < -0.3 is 5.73 Å². The number of hydrogen-bond acceptors (Lipinski definition) is 4. The van der Waals surface area contributed by atoms with E-state index in [0.29, 0.717) is 12.2 Å². The van der Waals surface area contributed by atoms with Crippen molar-refractivity contribution in [2.75, 3.05) is 6.54 Å². The predicted molar refractivity (Wildman–Crippen MR) is 79.2 cm³/mol. The number of hydrogen-bond donors (Lipinski definition) is 1. The van der Waals surface area contributed by atoms with Gasteiger partial charge in [-0.2, -0.15) is 0 Å². The van der Waals surface area contributed by atoms with Crippen molar-refractivity contribution in [3.8, 4) is 0 Å². The topological polar surface area (TPSA) is 71.1 Å². The zero-order chi connectivity index (χ0) is 13.9. The first-order valence-electron chi connectivity index (χ1n) is 6.35. The molecule has 2 heterocycles. The Morgan fingerprint density at radius 1 is 1.35 bits per heavy atom. The smallest absolute Gasteiger partial charge is 0.265 e. The fourth-order valence-corrected chi connectivity index (χ4v) is 2.24. The average Bonchev–Trinajstić information content (AvgIpc) is 2.89. The lowest BCUT2D eigenvalue weighted by atomic mass is 10.1. The second-order valence-corrected chi connectivity index (χ2v) is 4.56. The van der Waals surface area contributed by atoms with E-state index in [4.69, 9.17) is 5.73 Å². The third-order valence-electron chi connectivity index (χ3n) is 3.23. The van der Waals surface area contributed by atoms with Crippen molar-refractivity contribution >= 4 is 24.5 Å². The largest absolute Gasteiger partial charge is 0.364 e. The van der Waals surface area contributed by atoms with E-state index in [1.807, 2.05) is 36.4 Å². The van der Waals surface area contributed by atoms with Crippen molar-refractivity contribution in [1.82, 2.24) is 4.90 Å². The molecule has 1 atom stereocenters. The molecule has 0 aliphatic carbocycles. The monoisotopic (exact) mass is 266 g/mol. The van der Waals surface area contributed by atoms with E-state index >= 15 is 0 Å². The number of amides is 1. The first kappa shape index (κ1) is 12.3. The number of allylic oxidation sites excluding steroid dienone is 1. The summed E-state index contributed by atoms with van der Waals surface area (Å²) in [6.45, 7) is 0.607. The van der Waals surface area contributed by atoms with Crippen LogP contribution < -0.4 is 5.73 Å². The SMILES string of the molecule is NC(=O)C(=Cc1ccccc1)N1C=NC2CN=CC=C21. The summed E-state index contributed by atoms with van der Waals surface area (Å²) in [4.78, 5) is 22.0. The Bertz CT molecular complexity index is 643. The molecule has 1 aromatic rings. The molecule has 0 fully saturated rings. The van der Waals surface area contributed by atoms with Gasteiger partial charge in [0.15, 0.2) is 0 Å². The maximum absolute atomic E-state index is 11.8. The number of rotatable bonds is 3. The molecule has 1 unspecified atom stereocenters. The van der Waals surface area contributed by atoms with Gasteiger partial charge in [0.05, 0.1) is 18.6 Å². The Morgan fingerprint density at radius 3 is 2.90 bits per heavy atom. The van der Waals surface area contributed by atoms with Crippen molar-refractivity contribution < 1.29 is 4.79 Å². The first-order chi connectivity index (χ1) is 9.75. The number of nitrogens with zero attached hydrogens (tertiary/aromatic N) is 3. The molecule has 5 heteroatoms. The van der Waals surface area contributed by atoms with E-state index < -0.39 is 5.91 Å². The highest BCUT2D eigenvalue weighted by atomic mass is 16.1. The number of carbonyl (C=O) groups is 1. The van der Waals surface area contributed by atoms with Crippen LogP contribution in [0.25, 0.3) is 6.08 Å². The van der Waals surface area contributed by atoms with E-state index in [0.717, 1.165) is 11.3 Å². The minimum atomic E-state index is -0.482. The lowest BCUT2D eigenvalue weighted by Crippen LogP contribution is -2.31. The molecular formula is C15H14N4O. The van der Waals surface area contributed by atoms with E-state index in [-0.39, 0.29) is 6.04 Å². The molecule has 0 saturated carbocycles. The van der Waals surface area contributed by atoms with Crippen LogP contribution in [0.2, 0.25) is 0 Å². The Kier molecular flexibility index (Phi) is 3.16. The predicted octanol–water partition coefficient (Wildman–Crippen LogP) is 1.19. The number of fused-ring (bicyclic) bond motifs is 1. The van der Waals surface area contributed by atoms with Crippen LogP contribution in [0.3, 0.4) is 0 Å². The summed E-state index contributed by atoms with van der Waals surface area (Å²) >= 11 is 0. The summed E-state index contributed by atoms with van der Waals surface area (Å²) in [5.74, 6) is -0.482. The minimum absolute atomic E-state index is 0.0153. The second-order valence-electron chi connectivity index (χ2n) is 4.56. The summed E-state index contributed by atoms with van der Waals surface area (Å²) < 4.78 is 0. The van der Waals surface area contributed by atoms with Crippen LogP contribution >= 0.6 is 0 Å². The fourth-order valence-electron chi connectivity index (χ4n) is 2.24. The molecule has 0 spiro atoms. The molecule has 2 aliphatic heterocycles. The van der Waals surface area contributed by atoms with Gasteiger partial charge in [0.25, 0.3) is 5.91 Å². The van der Waals surface area contributed by atoms with Crippen molar-refractivity contribution in [2.45, 2.75) is 6.04 Å². The van der Waals surface area contributed by atoms with Gasteiger partial charge in [-0.3, -0.25) is 19.7 Å². The summed E-state index contributed by atoms with van der Waals surface area (Å²) in [5.41, 5.74) is 7.77. The van der Waals surface area contributed by atoms with Gasteiger partial charge in [-0.15, -0.1) is 0 Å². The highest BCUT2D eigenvalue weighted by Gasteiger charge is 2.29.